The van der Waals surface area contributed by atoms with Gasteiger partial charge in [0.15, 0.2) is 0 Å². The van der Waals surface area contributed by atoms with Crippen LogP contribution in [0.3, 0.4) is 0 Å². The van der Waals surface area contributed by atoms with Crippen LogP contribution in [0.1, 0.15) is 16.7 Å². The van der Waals surface area contributed by atoms with Crippen LogP contribution in [-0.2, 0) is 16.6 Å². The smallest absolute Gasteiger partial charge is 0.147 e. The van der Waals surface area contributed by atoms with E-state index in [4.69, 9.17) is 11.0 Å². The lowest BCUT2D eigenvalue weighted by molar-refractivity contribution is 0.627. The van der Waals surface area contributed by atoms with E-state index >= 15 is 0 Å². The first-order chi connectivity index (χ1) is 9.51. The standard InChI is InChI=1S/C15H13FN2OS/c1-10-6-11(8-17)2-3-12(10)9-20(19)13-4-5-15(18)14(16)7-13/h2-7H,9,18H2,1H3. The summed E-state index contributed by atoms with van der Waals surface area (Å²) >= 11 is 0. The summed E-state index contributed by atoms with van der Waals surface area (Å²) in [5.41, 5.74) is 7.77. The molecule has 0 heterocycles. The molecule has 0 bridgehead atoms. The Morgan fingerprint density at radius 1 is 1.30 bits per heavy atom. The minimum atomic E-state index is -1.35. The van der Waals surface area contributed by atoms with Gasteiger partial charge in [-0.05, 0) is 48.4 Å². The predicted octanol–water partition coefficient (Wildman–Crippen LogP) is 2.90. The molecule has 5 heteroatoms. The van der Waals surface area contributed by atoms with Crippen LogP contribution in [0, 0.1) is 24.1 Å². The number of nitrogens with zero attached hydrogens (tertiary/aromatic N) is 1. The maximum Gasteiger partial charge on any atom is 0.147 e. The number of nitrogens with two attached hydrogens (primary N) is 1. The highest BCUT2D eigenvalue weighted by Gasteiger charge is 2.10. The largest absolute Gasteiger partial charge is 0.396 e. The van der Waals surface area contributed by atoms with Crippen LogP contribution in [0.15, 0.2) is 41.3 Å². The Bertz CT molecular complexity index is 722. The Hall–Kier alpha value is -2.19. The number of nitriles is 1. The molecule has 102 valence electrons. The first-order valence-electron chi connectivity index (χ1n) is 5.94. The van der Waals surface area contributed by atoms with E-state index in [1.807, 2.05) is 6.92 Å². The lowest BCUT2D eigenvalue weighted by Crippen LogP contribution is -2.00. The number of halogens is 1. The Morgan fingerprint density at radius 2 is 2.05 bits per heavy atom. The Labute approximate surface area is 119 Å². The predicted molar refractivity (Wildman–Crippen MR) is 76.8 cm³/mol. The lowest BCUT2D eigenvalue weighted by Gasteiger charge is -2.07. The summed E-state index contributed by atoms with van der Waals surface area (Å²) in [6.45, 7) is 1.86. The molecule has 0 aromatic heterocycles. The molecular weight excluding hydrogens is 275 g/mol. The molecule has 0 amide bonds. The molecule has 2 N–H and O–H groups in total. The van der Waals surface area contributed by atoms with Gasteiger partial charge in [0, 0.05) is 4.90 Å². The third-order valence-corrected chi connectivity index (χ3v) is 4.35. The topological polar surface area (TPSA) is 66.9 Å². The minimum Gasteiger partial charge on any atom is -0.396 e. The molecule has 0 saturated heterocycles. The fourth-order valence-electron chi connectivity index (χ4n) is 1.80. The van der Waals surface area contributed by atoms with Gasteiger partial charge in [0.05, 0.1) is 33.9 Å². The molecule has 1 atom stereocenters. The third kappa shape index (κ3) is 3.03. The van der Waals surface area contributed by atoms with Crippen LogP contribution in [-0.4, -0.2) is 4.21 Å². The van der Waals surface area contributed by atoms with Crippen molar-refractivity contribution in [3.63, 3.8) is 0 Å². The van der Waals surface area contributed by atoms with Crippen LogP contribution in [0.4, 0.5) is 10.1 Å². The summed E-state index contributed by atoms with van der Waals surface area (Å²) in [6.07, 6.45) is 0. The third-order valence-electron chi connectivity index (χ3n) is 2.99. The maximum atomic E-state index is 13.4. The van der Waals surface area contributed by atoms with E-state index in [0.717, 1.165) is 11.1 Å². The highest BCUT2D eigenvalue weighted by Crippen LogP contribution is 2.19. The normalized spacial score (nSPS) is 11.8. The highest BCUT2D eigenvalue weighted by molar-refractivity contribution is 7.84. The average Bonchev–Trinajstić information content (AvgIpc) is 2.43. The van der Waals surface area contributed by atoms with Crippen molar-refractivity contribution in [2.75, 3.05) is 5.73 Å². The zero-order valence-electron chi connectivity index (χ0n) is 10.9. The second-order valence-electron chi connectivity index (χ2n) is 4.43. The van der Waals surface area contributed by atoms with E-state index in [-0.39, 0.29) is 11.4 Å². The van der Waals surface area contributed by atoms with Crippen LogP contribution in [0.25, 0.3) is 0 Å². The molecule has 0 spiro atoms. The highest BCUT2D eigenvalue weighted by atomic mass is 32.2. The van der Waals surface area contributed by atoms with Gasteiger partial charge in [-0.3, -0.25) is 4.21 Å². The summed E-state index contributed by atoms with van der Waals surface area (Å²) in [5.74, 6) is -0.284. The van der Waals surface area contributed by atoms with Crippen molar-refractivity contribution in [2.24, 2.45) is 0 Å². The van der Waals surface area contributed by atoms with E-state index in [1.54, 1.807) is 24.3 Å². The summed E-state index contributed by atoms with van der Waals surface area (Å²) in [4.78, 5) is 0.403. The van der Waals surface area contributed by atoms with E-state index in [1.165, 1.54) is 12.1 Å². The molecule has 0 aliphatic carbocycles. The van der Waals surface area contributed by atoms with Gasteiger partial charge in [0.1, 0.15) is 5.82 Å². The number of hydrogen-bond donors (Lipinski definition) is 1. The van der Waals surface area contributed by atoms with E-state index < -0.39 is 16.6 Å². The van der Waals surface area contributed by atoms with Crippen molar-refractivity contribution < 1.29 is 8.60 Å². The van der Waals surface area contributed by atoms with Gasteiger partial charge < -0.3 is 5.73 Å². The van der Waals surface area contributed by atoms with Gasteiger partial charge in [-0.25, -0.2) is 4.39 Å². The molecule has 0 aliphatic rings. The molecule has 20 heavy (non-hydrogen) atoms. The first-order valence-corrected chi connectivity index (χ1v) is 7.26. The SMILES string of the molecule is Cc1cc(C#N)ccc1CS(=O)c1ccc(N)c(F)c1. The molecular formula is C15H13FN2OS. The fourth-order valence-corrected chi connectivity index (χ4v) is 3.03. The van der Waals surface area contributed by atoms with Crippen molar-refractivity contribution in [1.29, 1.82) is 5.26 Å². The molecule has 0 fully saturated rings. The number of rotatable bonds is 3. The second-order valence-corrected chi connectivity index (χ2v) is 5.88. The van der Waals surface area contributed by atoms with Gasteiger partial charge in [-0.1, -0.05) is 6.07 Å². The number of anilines is 1. The zero-order chi connectivity index (χ0) is 14.7. The molecule has 2 aromatic rings. The van der Waals surface area contributed by atoms with Gasteiger partial charge in [0.25, 0.3) is 0 Å². The Kier molecular flexibility index (Phi) is 4.16. The molecule has 0 radical (unpaired) electrons. The number of aryl methyl sites for hydroxylation is 1. The van der Waals surface area contributed by atoms with E-state index in [2.05, 4.69) is 6.07 Å². The van der Waals surface area contributed by atoms with Gasteiger partial charge >= 0.3 is 0 Å². The minimum absolute atomic E-state index is 0.0419. The monoisotopic (exact) mass is 288 g/mol. The Morgan fingerprint density at radius 3 is 2.65 bits per heavy atom. The number of hydrogen-bond acceptors (Lipinski definition) is 3. The van der Waals surface area contributed by atoms with Gasteiger partial charge in [-0.2, -0.15) is 5.26 Å². The van der Waals surface area contributed by atoms with Crippen LogP contribution >= 0.6 is 0 Å². The molecule has 3 nitrogen and oxygen atoms in total. The quantitative estimate of drug-likeness (QED) is 0.883. The van der Waals surface area contributed by atoms with Gasteiger partial charge in [-0.15, -0.1) is 0 Å². The first kappa shape index (κ1) is 14.2. The maximum absolute atomic E-state index is 13.4. The summed E-state index contributed by atoms with van der Waals surface area (Å²) in [5, 5.41) is 8.81. The summed E-state index contributed by atoms with van der Waals surface area (Å²) < 4.78 is 25.6. The van der Waals surface area contributed by atoms with Crippen molar-refractivity contribution >= 4 is 16.5 Å². The fraction of sp³-hybridized carbons (Fsp3) is 0.133. The summed E-state index contributed by atoms with van der Waals surface area (Å²) in [6, 6.07) is 11.4. The van der Waals surface area contributed by atoms with Crippen LogP contribution < -0.4 is 5.73 Å². The average molecular weight is 288 g/mol. The number of benzene rings is 2. The Balaban J connectivity index is 2.23. The van der Waals surface area contributed by atoms with Crippen molar-refractivity contribution in [3.05, 3.63) is 58.9 Å². The van der Waals surface area contributed by atoms with Crippen molar-refractivity contribution in [3.8, 4) is 6.07 Å². The molecule has 2 rings (SSSR count). The van der Waals surface area contributed by atoms with E-state index in [9.17, 15) is 8.60 Å². The summed E-state index contributed by atoms with van der Waals surface area (Å²) in [7, 11) is -1.35. The second kappa shape index (κ2) is 5.85. The lowest BCUT2D eigenvalue weighted by atomic mass is 10.1. The van der Waals surface area contributed by atoms with Crippen LogP contribution in [0.2, 0.25) is 0 Å². The molecule has 0 saturated carbocycles. The van der Waals surface area contributed by atoms with Crippen molar-refractivity contribution in [1.82, 2.24) is 0 Å². The van der Waals surface area contributed by atoms with Crippen LogP contribution in [0.5, 0.6) is 0 Å². The zero-order valence-corrected chi connectivity index (χ0v) is 11.7. The van der Waals surface area contributed by atoms with Gasteiger partial charge in [0.2, 0.25) is 0 Å². The number of nitrogen functional groups attached to an aromatic ring is 1. The van der Waals surface area contributed by atoms with Crippen molar-refractivity contribution in [2.45, 2.75) is 17.6 Å². The molecule has 0 aliphatic heterocycles. The molecule has 2 aromatic carbocycles. The molecule has 1 unspecified atom stereocenters. The van der Waals surface area contributed by atoms with E-state index in [0.29, 0.717) is 10.5 Å².